The largest absolute Gasteiger partial charge is 0.468 e. The number of esters is 1. The predicted molar refractivity (Wildman–Crippen MR) is 124 cm³/mol. The molecule has 1 heterocycles. The predicted octanol–water partition coefficient (Wildman–Crippen LogP) is 4.60. The van der Waals surface area contributed by atoms with Crippen LogP contribution in [0.5, 0.6) is 0 Å². The van der Waals surface area contributed by atoms with Crippen molar-refractivity contribution in [2.75, 3.05) is 20.2 Å². The van der Waals surface area contributed by atoms with Crippen LogP contribution in [0, 0.1) is 5.82 Å². The number of nitrogens with zero attached hydrogens (tertiary/aromatic N) is 2. The summed E-state index contributed by atoms with van der Waals surface area (Å²) >= 11 is 0. The zero-order valence-electron chi connectivity index (χ0n) is 18.5. The molecular weight excluding hydrogens is 438 g/mol. The molecule has 5 rings (SSSR count). The number of carbonyl (C=O) groups excluding carboxylic acids is 2. The molecule has 0 radical (unpaired) electrons. The Hall–Kier alpha value is -3.87. The van der Waals surface area contributed by atoms with Gasteiger partial charge in [0, 0.05) is 28.8 Å². The highest BCUT2D eigenvalue weighted by Crippen LogP contribution is 2.56. The van der Waals surface area contributed by atoms with Crippen molar-refractivity contribution in [3.8, 4) is 0 Å². The summed E-state index contributed by atoms with van der Waals surface area (Å²) < 4.78 is 35.3. The van der Waals surface area contributed by atoms with E-state index in [1.165, 1.54) is 24.1 Å². The van der Waals surface area contributed by atoms with Crippen LogP contribution in [0.3, 0.4) is 0 Å². The van der Waals surface area contributed by atoms with Crippen molar-refractivity contribution in [3.05, 3.63) is 101 Å². The number of halogens is 2. The van der Waals surface area contributed by atoms with Gasteiger partial charge in [0.15, 0.2) is 5.82 Å². The molecule has 7 heteroatoms. The van der Waals surface area contributed by atoms with Crippen molar-refractivity contribution in [2.45, 2.75) is 18.0 Å². The van der Waals surface area contributed by atoms with E-state index >= 15 is 4.39 Å². The van der Waals surface area contributed by atoms with Gasteiger partial charge in [-0.05, 0) is 18.6 Å². The summed E-state index contributed by atoms with van der Waals surface area (Å²) in [5, 5.41) is 0. The van der Waals surface area contributed by atoms with E-state index in [1.807, 2.05) is 60.7 Å². The van der Waals surface area contributed by atoms with E-state index in [0.717, 1.165) is 11.1 Å². The van der Waals surface area contributed by atoms with Crippen LogP contribution in [0.25, 0.3) is 0 Å². The summed E-state index contributed by atoms with van der Waals surface area (Å²) in [5.74, 6) is -1.83. The number of hydrogen-bond donors (Lipinski definition) is 0. The first-order valence-electron chi connectivity index (χ1n) is 11.0. The van der Waals surface area contributed by atoms with Crippen LogP contribution in [0.2, 0.25) is 0 Å². The monoisotopic (exact) mass is 460 g/mol. The smallest absolute Gasteiger partial charge is 0.325 e. The molecule has 0 saturated heterocycles. The van der Waals surface area contributed by atoms with Gasteiger partial charge >= 0.3 is 5.97 Å². The fourth-order valence-electron chi connectivity index (χ4n) is 4.62. The highest BCUT2D eigenvalue weighted by atomic mass is 19.1. The van der Waals surface area contributed by atoms with Crippen molar-refractivity contribution < 1.29 is 23.1 Å². The van der Waals surface area contributed by atoms with Crippen molar-refractivity contribution in [1.29, 1.82) is 0 Å². The van der Waals surface area contributed by atoms with Crippen LogP contribution in [0.15, 0.2) is 77.8 Å². The molecule has 1 fully saturated rings. The second-order valence-electron chi connectivity index (χ2n) is 8.58. The summed E-state index contributed by atoms with van der Waals surface area (Å²) in [7, 11) is 1.22. The SMILES string of the molecule is COC(=O)CN1C[C@@]2(C[C@@H]2F)c2c(ccc(N=C(c3ccccc3)c3ccccc3)c2F)C1=O. The molecule has 34 heavy (non-hydrogen) atoms. The molecule has 2 atom stereocenters. The number of rotatable bonds is 5. The van der Waals surface area contributed by atoms with E-state index in [2.05, 4.69) is 9.73 Å². The van der Waals surface area contributed by atoms with Gasteiger partial charge in [0.1, 0.15) is 12.7 Å². The number of hydrogen-bond acceptors (Lipinski definition) is 4. The van der Waals surface area contributed by atoms with Gasteiger partial charge in [-0.1, -0.05) is 60.7 Å². The molecule has 1 spiro atoms. The second-order valence-corrected chi connectivity index (χ2v) is 8.58. The minimum absolute atomic E-state index is 0.0362. The Balaban J connectivity index is 1.63. The van der Waals surface area contributed by atoms with Crippen LogP contribution in [0.1, 0.15) is 33.5 Å². The normalized spacial score (nSPS) is 20.6. The average molecular weight is 460 g/mol. The standard InChI is InChI=1S/C27H22F2N2O3/c1-34-22(32)15-31-16-27(14-21(27)28)23-19(26(31)33)12-13-20(24(23)29)30-25(17-8-4-2-5-9-17)18-10-6-3-7-11-18/h2-13,21H,14-16H2,1H3/t21-,27+/m0/s1. The number of carbonyl (C=O) groups is 2. The lowest BCUT2D eigenvalue weighted by atomic mass is 9.85. The third-order valence-corrected chi connectivity index (χ3v) is 6.47. The molecule has 1 aliphatic carbocycles. The molecule has 0 aromatic heterocycles. The fraction of sp³-hybridized carbons (Fsp3) is 0.222. The van der Waals surface area contributed by atoms with Crippen LogP contribution in [-0.2, 0) is 14.9 Å². The van der Waals surface area contributed by atoms with Crippen molar-refractivity contribution >= 4 is 23.3 Å². The topological polar surface area (TPSA) is 59.0 Å². The van der Waals surface area contributed by atoms with E-state index in [-0.39, 0.29) is 36.3 Å². The fourth-order valence-corrected chi connectivity index (χ4v) is 4.62. The number of methoxy groups -OCH3 is 1. The molecule has 0 unspecified atom stereocenters. The molecule has 3 aromatic rings. The molecular formula is C27H22F2N2O3. The molecule has 0 bridgehead atoms. The Morgan fingerprint density at radius 2 is 1.65 bits per heavy atom. The summed E-state index contributed by atoms with van der Waals surface area (Å²) in [6.07, 6.45) is -1.23. The zero-order valence-corrected chi connectivity index (χ0v) is 18.5. The highest BCUT2D eigenvalue weighted by molar-refractivity contribution is 6.14. The van der Waals surface area contributed by atoms with E-state index in [1.54, 1.807) is 0 Å². The van der Waals surface area contributed by atoms with Crippen molar-refractivity contribution in [2.24, 2.45) is 4.99 Å². The van der Waals surface area contributed by atoms with Gasteiger partial charge in [-0.25, -0.2) is 13.8 Å². The highest BCUT2D eigenvalue weighted by Gasteiger charge is 2.62. The first-order chi connectivity index (χ1) is 16.4. The number of fused-ring (bicyclic) bond motifs is 2. The third kappa shape index (κ3) is 3.67. The van der Waals surface area contributed by atoms with Gasteiger partial charge in [0.05, 0.1) is 23.9 Å². The lowest BCUT2D eigenvalue weighted by Gasteiger charge is -2.34. The molecule has 1 saturated carbocycles. The quantitative estimate of drug-likeness (QED) is 0.413. The Morgan fingerprint density at radius 1 is 1.06 bits per heavy atom. The van der Waals surface area contributed by atoms with Crippen LogP contribution in [-0.4, -0.2) is 48.9 Å². The summed E-state index contributed by atoms with van der Waals surface area (Å²) in [4.78, 5) is 30.7. The van der Waals surface area contributed by atoms with E-state index in [9.17, 15) is 14.0 Å². The Morgan fingerprint density at radius 3 is 2.18 bits per heavy atom. The molecule has 0 N–H and O–H groups in total. The molecule has 2 aliphatic rings. The van der Waals surface area contributed by atoms with Gasteiger partial charge in [-0.15, -0.1) is 0 Å². The van der Waals surface area contributed by atoms with Gasteiger partial charge < -0.3 is 9.64 Å². The molecule has 3 aromatic carbocycles. The minimum Gasteiger partial charge on any atom is -0.468 e. The second kappa shape index (κ2) is 8.48. The van der Waals surface area contributed by atoms with Crippen molar-refractivity contribution in [1.82, 2.24) is 4.90 Å². The Bertz CT molecular complexity index is 1250. The lowest BCUT2D eigenvalue weighted by molar-refractivity contribution is -0.141. The van der Waals surface area contributed by atoms with E-state index in [0.29, 0.717) is 5.71 Å². The number of aliphatic imine (C=N–C) groups is 1. The maximum atomic E-state index is 15.9. The summed E-state index contributed by atoms with van der Waals surface area (Å²) in [5.41, 5.74) is 1.14. The van der Waals surface area contributed by atoms with Crippen LogP contribution >= 0.6 is 0 Å². The first kappa shape index (κ1) is 21.9. The van der Waals surface area contributed by atoms with Gasteiger partial charge in [-0.3, -0.25) is 9.59 Å². The van der Waals surface area contributed by atoms with Gasteiger partial charge in [-0.2, -0.15) is 0 Å². The number of ether oxygens (including phenoxy) is 1. The summed E-state index contributed by atoms with van der Waals surface area (Å²) in [6, 6.07) is 21.7. The maximum Gasteiger partial charge on any atom is 0.325 e. The van der Waals surface area contributed by atoms with E-state index < -0.39 is 29.3 Å². The minimum atomic E-state index is -1.31. The van der Waals surface area contributed by atoms with Crippen molar-refractivity contribution in [3.63, 3.8) is 0 Å². The molecule has 172 valence electrons. The maximum absolute atomic E-state index is 15.9. The zero-order chi connectivity index (χ0) is 23.9. The average Bonchev–Trinajstić information content (AvgIpc) is 3.50. The Kier molecular flexibility index (Phi) is 5.48. The number of amides is 1. The van der Waals surface area contributed by atoms with E-state index in [4.69, 9.17) is 0 Å². The molecule has 1 amide bonds. The van der Waals surface area contributed by atoms with Crippen LogP contribution < -0.4 is 0 Å². The Labute approximate surface area is 195 Å². The lowest BCUT2D eigenvalue weighted by Crippen LogP contribution is -2.47. The summed E-state index contributed by atoms with van der Waals surface area (Å²) in [6.45, 7) is -0.389. The molecule has 1 aliphatic heterocycles. The number of alkyl halides is 1. The van der Waals surface area contributed by atoms with Crippen LogP contribution in [0.4, 0.5) is 14.5 Å². The number of benzene rings is 3. The van der Waals surface area contributed by atoms with Gasteiger partial charge in [0.2, 0.25) is 0 Å². The van der Waals surface area contributed by atoms with Gasteiger partial charge in [0.25, 0.3) is 5.91 Å². The third-order valence-electron chi connectivity index (χ3n) is 6.47. The first-order valence-corrected chi connectivity index (χ1v) is 11.0. The molecule has 5 nitrogen and oxygen atoms in total.